The van der Waals surface area contributed by atoms with Crippen LogP contribution in [0.1, 0.15) is 45.1 Å². The van der Waals surface area contributed by atoms with E-state index in [-0.39, 0.29) is 0 Å². The Labute approximate surface area is 147 Å². The summed E-state index contributed by atoms with van der Waals surface area (Å²) in [5.74, 6) is 0.728. The van der Waals surface area contributed by atoms with Crippen LogP contribution in [0.3, 0.4) is 0 Å². The summed E-state index contributed by atoms with van der Waals surface area (Å²) in [5.41, 5.74) is 5.11. The number of benzene rings is 1. The molecule has 2 unspecified atom stereocenters. The molecule has 1 aromatic carbocycles. The number of hydrogen-bond acceptors (Lipinski definition) is 4. The molecule has 2 fully saturated rings. The Hall–Kier alpha value is -0.940. The second-order valence-electron chi connectivity index (χ2n) is 7.48. The van der Waals surface area contributed by atoms with Crippen LogP contribution in [0, 0.1) is 5.92 Å². The molecule has 134 valence electrons. The summed E-state index contributed by atoms with van der Waals surface area (Å²) in [6.45, 7) is 11.5. The van der Waals surface area contributed by atoms with Gasteiger partial charge < -0.3 is 0 Å². The van der Waals surface area contributed by atoms with Gasteiger partial charge >= 0.3 is 0 Å². The lowest BCUT2D eigenvalue weighted by Crippen LogP contribution is -2.57. The van der Waals surface area contributed by atoms with Crippen molar-refractivity contribution in [3.63, 3.8) is 0 Å². The van der Waals surface area contributed by atoms with Crippen molar-refractivity contribution in [2.75, 3.05) is 32.7 Å². The van der Waals surface area contributed by atoms with Crippen LogP contribution in [0.25, 0.3) is 0 Å². The van der Waals surface area contributed by atoms with Gasteiger partial charge in [-0.3, -0.25) is 4.90 Å². The van der Waals surface area contributed by atoms with Gasteiger partial charge in [0.05, 0.1) is 0 Å². The summed E-state index contributed by atoms with van der Waals surface area (Å²) in [6.07, 6.45) is 5.31. The first-order chi connectivity index (χ1) is 11.8. The summed E-state index contributed by atoms with van der Waals surface area (Å²) in [5, 5.41) is 5.01. The van der Waals surface area contributed by atoms with Crippen LogP contribution in [0.4, 0.5) is 0 Å². The number of unbranched alkanes of at least 4 members (excludes halogenated alkanes) is 3. The van der Waals surface area contributed by atoms with Gasteiger partial charge in [0.1, 0.15) is 0 Å². The summed E-state index contributed by atoms with van der Waals surface area (Å²) < 4.78 is 0. The molecule has 0 saturated carbocycles. The van der Waals surface area contributed by atoms with Gasteiger partial charge in [-0.1, -0.05) is 63.4 Å². The van der Waals surface area contributed by atoms with Gasteiger partial charge in [0, 0.05) is 45.3 Å². The SMILES string of the molecule is CCCCCCNN1CC(C)C2CN(Cc3ccccc3)CCN21. The largest absolute Gasteiger partial charge is 0.296 e. The van der Waals surface area contributed by atoms with Crippen molar-refractivity contribution in [2.45, 2.75) is 52.1 Å². The van der Waals surface area contributed by atoms with E-state index in [0.29, 0.717) is 6.04 Å². The zero-order valence-electron chi connectivity index (χ0n) is 15.5. The lowest BCUT2D eigenvalue weighted by molar-refractivity contribution is -0.0809. The fourth-order valence-electron chi connectivity index (χ4n) is 4.03. The second kappa shape index (κ2) is 8.95. The van der Waals surface area contributed by atoms with Crippen LogP contribution < -0.4 is 5.43 Å². The van der Waals surface area contributed by atoms with E-state index in [1.807, 2.05) is 0 Å². The van der Waals surface area contributed by atoms with Gasteiger partial charge in [0.2, 0.25) is 0 Å². The first kappa shape index (κ1) is 17.9. The van der Waals surface area contributed by atoms with Crippen LogP contribution in [0.15, 0.2) is 30.3 Å². The molecule has 2 aliphatic rings. The van der Waals surface area contributed by atoms with Crippen molar-refractivity contribution < 1.29 is 0 Å². The quantitative estimate of drug-likeness (QED) is 0.739. The molecule has 4 heteroatoms. The van der Waals surface area contributed by atoms with E-state index in [0.717, 1.165) is 38.6 Å². The second-order valence-corrected chi connectivity index (χ2v) is 7.48. The normalized spacial score (nSPS) is 25.9. The average Bonchev–Trinajstić information content (AvgIpc) is 2.91. The van der Waals surface area contributed by atoms with Gasteiger partial charge in [-0.15, -0.1) is 0 Å². The molecule has 1 aromatic rings. The van der Waals surface area contributed by atoms with Crippen molar-refractivity contribution in [3.8, 4) is 0 Å². The number of hydrogen-bond donors (Lipinski definition) is 1. The molecule has 2 heterocycles. The zero-order chi connectivity index (χ0) is 16.8. The predicted octanol–water partition coefficient (Wildman–Crippen LogP) is 3.12. The zero-order valence-corrected chi connectivity index (χ0v) is 15.5. The average molecular weight is 331 g/mol. The summed E-state index contributed by atoms with van der Waals surface area (Å²) in [7, 11) is 0. The van der Waals surface area contributed by atoms with Gasteiger partial charge in [-0.05, 0) is 17.9 Å². The van der Waals surface area contributed by atoms with Gasteiger partial charge in [-0.25, -0.2) is 10.4 Å². The Morgan fingerprint density at radius 1 is 1.04 bits per heavy atom. The van der Waals surface area contributed by atoms with Crippen molar-refractivity contribution in [1.29, 1.82) is 0 Å². The molecule has 0 spiro atoms. The molecule has 2 atom stereocenters. The van der Waals surface area contributed by atoms with Gasteiger partial charge in [-0.2, -0.15) is 5.12 Å². The molecule has 0 aromatic heterocycles. The summed E-state index contributed by atoms with van der Waals surface area (Å²) >= 11 is 0. The van der Waals surface area contributed by atoms with Gasteiger partial charge in [0.25, 0.3) is 0 Å². The lowest BCUT2D eigenvalue weighted by Gasteiger charge is -2.41. The molecule has 0 amide bonds. The topological polar surface area (TPSA) is 21.8 Å². The van der Waals surface area contributed by atoms with Crippen LogP contribution in [0.2, 0.25) is 0 Å². The monoisotopic (exact) mass is 330 g/mol. The Balaban J connectivity index is 1.47. The highest BCUT2D eigenvalue weighted by Crippen LogP contribution is 2.27. The minimum atomic E-state index is 0.658. The minimum Gasteiger partial charge on any atom is -0.296 e. The van der Waals surface area contributed by atoms with E-state index in [9.17, 15) is 0 Å². The maximum absolute atomic E-state index is 3.68. The van der Waals surface area contributed by atoms with Crippen molar-refractivity contribution in [3.05, 3.63) is 35.9 Å². The molecule has 2 aliphatic heterocycles. The molecule has 1 N–H and O–H groups in total. The highest BCUT2D eigenvalue weighted by molar-refractivity contribution is 5.14. The van der Waals surface area contributed by atoms with E-state index in [1.165, 1.54) is 37.8 Å². The first-order valence-corrected chi connectivity index (χ1v) is 9.82. The number of rotatable bonds is 8. The van der Waals surface area contributed by atoms with E-state index < -0.39 is 0 Å². The third kappa shape index (κ3) is 4.57. The molecule has 0 bridgehead atoms. The van der Waals surface area contributed by atoms with E-state index in [4.69, 9.17) is 0 Å². The van der Waals surface area contributed by atoms with E-state index >= 15 is 0 Å². The Bertz CT molecular complexity index is 478. The summed E-state index contributed by atoms with van der Waals surface area (Å²) in [4.78, 5) is 2.62. The molecule has 0 aliphatic carbocycles. The number of nitrogens with one attached hydrogen (secondary N) is 1. The van der Waals surface area contributed by atoms with E-state index in [1.54, 1.807) is 0 Å². The molecule has 0 radical (unpaired) electrons. The third-order valence-electron chi connectivity index (χ3n) is 5.47. The van der Waals surface area contributed by atoms with E-state index in [2.05, 4.69) is 64.6 Å². The maximum atomic E-state index is 3.68. The number of hydrazine groups is 2. The molecular weight excluding hydrogens is 296 g/mol. The highest BCUT2D eigenvalue weighted by Gasteiger charge is 2.40. The highest BCUT2D eigenvalue weighted by atomic mass is 15.8. The molecule has 3 rings (SSSR count). The third-order valence-corrected chi connectivity index (χ3v) is 5.47. The molecule has 2 saturated heterocycles. The van der Waals surface area contributed by atoms with Crippen molar-refractivity contribution >= 4 is 0 Å². The molecular formula is C20H34N4. The predicted molar refractivity (Wildman–Crippen MR) is 100 cm³/mol. The Morgan fingerprint density at radius 3 is 2.67 bits per heavy atom. The van der Waals surface area contributed by atoms with Crippen LogP contribution in [0.5, 0.6) is 0 Å². The van der Waals surface area contributed by atoms with Crippen LogP contribution >= 0.6 is 0 Å². The molecule has 4 nitrogen and oxygen atoms in total. The minimum absolute atomic E-state index is 0.658. The van der Waals surface area contributed by atoms with Crippen molar-refractivity contribution in [1.82, 2.24) is 20.5 Å². The fraction of sp³-hybridized carbons (Fsp3) is 0.700. The molecule has 24 heavy (non-hydrogen) atoms. The Kier molecular flexibility index (Phi) is 6.67. The fourth-order valence-corrected chi connectivity index (χ4v) is 4.03. The van der Waals surface area contributed by atoms with Gasteiger partial charge in [0.15, 0.2) is 0 Å². The van der Waals surface area contributed by atoms with Crippen molar-refractivity contribution in [2.24, 2.45) is 5.92 Å². The smallest absolute Gasteiger partial charge is 0.0426 e. The standard InChI is InChI=1S/C20H34N4/c1-3-4-5-9-12-21-24-15-18(2)20-17-22(13-14-23(20)24)16-19-10-7-6-8-11-19/h6-8,10-11,18,20-21H,3-5,9,12-17H2,1-2H3. The summed E-state index contributed by atoms with van der Waals surface area (Å²) in [6, 6.07) is 11.5. The first-order valence-electron chi connectivity index (χ1n) is 9.82. The van der Waals surface area contributed by atoms with Crippen LogP contribution in [-0.2, 0) is 6.54 Å². The number of piperazine rings is 1. The van der Waals surface area contributed by atoms with Crippen LogP contribution in [-0.4, -0.2) is 53.8 Å². The number of nitrogens with zero attached hydrogens (tertiary/aromatic N) is 3. The number of fused-ring (bicyclic) bond motifs is 1. The maximum Gasteiger partial charge on any atom is 0.0426 e. The lowest BCUT2D eigenvalue weighted by atomic mass is 10.0. The Morgan fingerprint density at radius 2 is 1.88 bits per heavy atom.